The first kappa shape index (κ1) is 23.5. The summed E-state index contributed by atoms with van der Waals surface area (Å²) in [7, 11) is -2.20. The fraction of sp³-hybridized carbons (Fsp3) is 0.318. The minimum Gasteiger partial charge on any atom is -0.368 e. The van der Waals surface area contributed by atoms with E-state index in [1.807, 2.05) is 36.4 Å². The van der Waals surface area contributed by atoms with Crippen LogP contribution in [-0.4, -0.2) is 67.4 Å². The van der Waals surface area contributed by atoms with Gasteiger partial charge in [-0.15, -0.1) is 0 Å². The number of nitrogens with zero attached hydrogens (tertiary/aromatic N) is 4. The van der Waals surface area contributed by atoms with Crippen molar-refractivity contribution in [2.24, 2.45) is 12.0 Å². The van der Waals surface area contributed by atoms with Crippen LogP contribution in [0.4, 0.5) is 5.69 Å². The number of rotatable bonds is 5. The lowest BCUT2D eigenvalue weighted by molar-refractivity contribution is -0.128. The van der Waals surface area contributed by atoms with Crippen molar-refractivity contribution in [1.29, 1.82) is 0 Å². The summed E-state index contributed by atoms with van der Waals surface area (Å²) in [6.07, 6.45) is 0. The third-order valence-corrected chi connectivity index (χ3v) is 8.14. The summed E-state index contributed by atoms with van der Waals surface area (Å²) >= 11 is 7.25. The van der Waals surface area contributed by atoms with Crippen LogP contribution in [0, 0.1) is 0 Å². The summed E-state index contributed by atoms with van der Waals surface area (Å²) in [5.41, 5.74) is 1.91. The summed E-state index contributed by atoms with van der Waals surface area (Å²) in [6, 6.07) is 15.2. The minimum absolute atomic E-state index is 0.371. The normalized spacial score (nSPS) is 15.3. The van der Waals surface area contributed by atoms with Gasteiger partial charge in [-0.05, 0) is 30.3 Å². The van der Waals surface area contributed by atoms with Crippen LogP contribution in [0.15, 0.2) is 53.5 Å². The van der Waals surface area contributed by atoms with E-state index in [-0.39, 0.29) is 0 Å². The number of anilines is 1. The second-order valence-electron chi connectivity index (χ2n) is 7.80. The quantitative estimate of drug-likeness (QED) is 0.528. The van der Waals surface area contributed by atoms with Crippen molar-refractivity contribution < 1.29 is 18.0 Å². The van der Waals surface area contributed by atoms with Crippen LogP contribution in [0.5, 0.6) is 0 Å². The molecule has 1 saturated heterocycles. The van der Waals surface area contributed by atoms with E-state index in [0.717, 1.165) is 15.9 Å². The fourth-order valence-corrected chi connectivity index (χ4v) is 6.14. The molecule has 1 aliphatic heterocycles. The van der Waals surface area contributed by atoms with Gasteiger partial charge in [-0.1, -0.05) is 41.1 Å². The first-order chi connectivity index (χ1) is 15.7. The predicted octanol–water partition coefficient (Wildman–Crippen LogP) is 2.08. The molecule has 2 aromatic carbocycles. The zero-order chi connectivity index (χ0) is 23.6. The van der Waals surface area contributed by atoms with Crippen LogP contribution in [0.2, 0.25) is 5.02 Å². The minimum atomic E-state index is -3.94. The summed E-state index contributed by atoms with van der Waals surface area (Å²) in [5, 5.41) is 0.563. The molecule has 8 nitrogen and oxygen atoms in total. The number of hydrogen-bond donors (Lipinski definition) is 0. The Bertz CT molecular complexity index is 1360. The van der Waals surface area contributed by atoms with E-state index in [9.17, 15) is 18.0 Å². The molecule has 11 heteroatoms. The third-order valence-electron chi connectivity index (χ3n) is 5.43. The van der Waals surface area contributed by atoms with E-state index in [2.05, 4.69) is 9.89 Å². The number of para-hydroxylation sites is 1. The molecule has 0 aliphatic carbocycles. The van der Waals surface area contributed by atoms with Gasteiger partial charge in [0.1, 0.15) is 11.5 Å². The number of aryl methyl sites for hydroxylation is 1. The number of sulfone groups is 1. The van der Waals surface area contributed by atoms with Crippen molar-refractivity contribution in [3.8, 4) is 0 Å². The molecule has 0 spiro atoms. The Kier molecular flexibility index (Phi) is 6.87. The molecule has 3 aromatic rings. The van der Waals surface area contributed by atoms with Gasteiger partial charge in [0.05, 0.1) is 10.2 Å². The SMILES string of the molecule is Cn1c(=NC(=O)CS(=O)(=O)CC(=O)N2CCN(c3ccccc3)CC2)sc2cc(Cl)ccc21. The van der Waals surface area contributed by atoms with Gasteiger partial charge in [0.25, 0.3) is 5.91 Å². The number of carbonyl (C=O) groups excluding carboxylic acids is 2. The molecule has 1 aliphatic rings. The zero-order valence-electron chi connectivity index (χ0n) is 18.0. The Hall–Kier alpha value is -2.69. The van der Waals surface area contributed by atoms with Gasteiger partial charge in [-0.25, -0.2) is 8.42 Å². The van der Waals surface area contributed by atoms with Crippen LogP contribution < -0.4 is 9.70 Å². The van der Waals surface area contributed by atoms with Gasteiger partial charge in [0.2, 0.25) is 5.91 Å². The van der Waals surface area contributed by atoms with Crippen molar-refractivity contribution in [2.75, 3.05) is 42.6 Å². The first-order valence-corrected chi connectivity index (χ1v) is 13.3. The molecule has 33 heavy (non-hydrogen) atoms. The summed E-state index contributed by atoms with van der Waals surface area (Å²) < 4.78 is 27.6. The van der Waals surface area contributed by atoms with Gasteiger partial charge in [0, 0.05) is 43.9 Å². The van der Waals surface area contributed by atoms with Gasteiger partial charge in [0.15, 0.2) is 14.6 Å². The van der Waals surface area contributed by atoms with E-state index in [0.29, 0.717) is 36.0 Å². The lowest BCUT2D eigenvalue weighted by atomic mass is 10.2. The molecule has 0 unspecified atom stereocenters. The predicted molar refractivity (Wildman–Crippen MR) is 130 cm³/mol. The molecule has 1 fully saturated rings. The summed E-state index contributed by atoms with van der Waals surface area (Å²) in [6.45, 7) is 2.11. The number of thiazole rings is 1. The lowest BCUT2D eigenvalue weighted by Crippen LogP contribution is -2.50. The van der Waals surface area contributed by atoms with Crippen molar-refractivity contribution in [1.82, 2.24) is 9.47 Å². The first-order valence-electron chi connectivity index (χ1n) is 10.3. The Morgan fingerprint density at radius 3 is 2.42 bits per heavy atom. The average molecular weight is 507 g/mol. The third kappa shape index (κ3) is 5.63. The lowest BCUT2D eigenvalue weighted by Gasteiger charge is -2.36. The van der Waals surface area contributed by atoms with Crippen molar-refractivity contribution >= 4 is 60.5 Å². The van der Waals surface area contributed by atoms with E-state index >= 15 is 0 Å². The zero-order valence-corrected chi connectivity index (χ0v) is 20.4. The summed E-state index contributed by atoms with van der Waals surface area (Å²) in [4.78, 5) is 33.0. The smallest absolute Gasteiger partial charge is 0.263 e. The maximum atomic E-state index is 12.6. The molecule has 0 bridgehead atoms. The van der Waals surface area contributed by atoms with Crippen molar-refractivity contribution in [3.05, 3.63) is 58.4 Å². The van der Waals surface area contributed by atoms with E-state index < -0.39 is 33.2 Å². The highest BCUT2D eigenvalue weighted by molar-refractivity contribution is 7.92. The monoisotopic (exact) mass is 506 g/mol. The van der Waals surface area contributed by atoms with Crippen LogP contribution >= 0.6 is 22.9 Å². The van der Waals surface area contributed by atoms with Crippen molar-refractivity contribution in [3.63, 3.8) is 0 Å². The number of halogens is 1. The fourth-order valence-electron chi connectivity index (χ4n) is 3.72. The van der Waals surface area contributed by atoms with E-state index in [1.54, 1.807) is 23.7 Å². The standard InChI is InChI=1S/C22H23ClN4O4S2/c1-25-18-8-7-16(23)13-19(18)32-22(25)24-20(28)14-33(30,31)15-21(29)27-11-9-26(10-12-27)17-5-3-2-4-6-17/h2-8,13H,9-12,14-15H2,1H3. The van der Waals surface area contributed by atoms with Crippen LogP contribution in [0.3, 0.4) is 0 Å². The molecule has 0 N–H and O–H groups in total. The van der Waals surface area contributed by atoms with Crippen LogP contribution in [0.25, 0.3) is 10.2 Å². The summed E-state index contributed by atoms with van der Waals surface area (Å²) in [5.74, 6) is -2.80. The number of fused-ring (bicyclic) bond motifs is 1. The molecule has 0 radical (unpaired) electrons. The topological polar surface area (TPSA) is 92.0 Å². The van der Waals surface area contributed by atoms with Crippen LogP contribution in [-0.2, 0) is 26.5 Å². The van der Waals surface area contributed by atoms with Crippen molar-refractivity contribution in [2.45, 2.75) is 0 Å². The Labute approximate surface area is 200 Å². The highest BCUT2D eigenvalue weighted by Crippen LogP contribution is 2.21. The van der Waals surface area contributed by atoms with E-state index in [4.69, 9.17) is 11.6 Å². The highest BCUT2D eigenvalue weighted by atomic mass is 35.5. The van der Waals surface area contributed by atoms with Gasteiger partial charge < -0.3 is 14.4 Å². The Balaban J connectivity index is 1.37. The number of carbonyl (C=O) groups is 2. The van der Waals surface area contributed by atoms with Gasteiger partial charge >= 0.3 is 0 Å². The largest absolute Gasteiger partial charge is 0.368 e. The number of hydrogen-bond acceptors (Lipinski definition) is 6. The number of aromatic nitrogens is 1. The molecule has 0 saturated carbocycles. The Morgan fingerprint density at radius 2 is 1.73 bits per heavy atom. The van der Waals surface area contributed by atoms with Crippen LogP contribution in [0.1, 0.15) is 0 Å². The maximum absolute atomic E-state index is 12.6. The average Bonchev–Trinajstić information content (AvgIpc) is 3.07. The maximum Gasteiger partial charge on any atom is 0.263 e. The van der Waals surface area contributed by atoms with Gasteiger partial charge in [-0.2, -0.15) is 4.99 Å². The molecule has 4 rings (SSSR count). The molecule has 0 atom stereocenters. The molecule has 2 heterocycles. The number of benzene rings is 2. The highest BCUT2D eigenvalue weighted by Gasteiger charge is 2.27. The molecular formula is C22H23ClN4O4S2. The molecular weight excluding hydrogens is 484 g/mol. The van der Waals surface area contributed by atoms with E-state index in [1.165, 1.54) is 16.2 Å². The molecule has 1 aromatic heterocycles. The number of piperazine rings is 1. The molecule has 2 amide bonds. The molecule has 174 valence electrons. The number of amides is 2. The Morgan fingerprint density at radius 1 is 1.03 bits per heavy atom. The second kappa shape index (κ2) is 9.66. The van der Waals surface area contributed by atoms with Gasteiger partial charge in [-0.3, -0.25) is 9.59 Å². The second-order valence-corrected chi connectivity index (χ2v) is 11.3.